The molecule has 0 fully saturated rings. The normalized spacial score (nSPS) is 11.0. The lowest BCUT2D eigenvalue weighted by molar-refractivity contribution is -0.141. The molecular weight excluding hydrogens is 316 g/mol. The smallest absolute Gasteiger partial charge is 0.355 e. The summed E-state index contributed by atoms with van der Waals surface area (Å²) in [6.07, 6.45) is 2.37. The molecular formula is C20H22N2O3. The van der Waals surface area contributed by atoms with Crippen LogP contribution in [-0.2, 0) is 27.4 Å². The Balaban J connectivity index is 2.19. The van der Waals surface area contributed by atoms with Crippen LogP contribution in [0.15, 0.2) is 54.2 Å². The predicted molar refractivity (Wildman–Crippen MR) is 98.3 cm³/mol. The molecule has 130 valence electrons. The average Bonchev–Trinajstić information content (AvgIpc) is 2.61. The van der Waals surface area contributed by atoms with Crippen molar-refractivity contribution >= 4 is 23.6 Å². The molecule has 2 rings (SSSR count). The molecule has 0 unspecified atom stereocenters. The van der Waals surface area contributed by atoms with Gasteiger partial charge in [-0.15, -0.1) is 0 Å². The van der Waals surface area contributed by atoms with Gasteiger partial charge in [-0.1, -0.05) is 43.3 Å². The van der Waals surface area contributed by atoms with Crippen LogP contribution in [0.1, 0.15) is 30.5 Å². The van der Waals surface area contributed by atoms with Crippen molar-refractivity contribution in [1.82, 2.24) is 5.32 Å². The van der Waals surface area contributed by atoms with E-state index < -0.39 is 5.97 Å². The van der Waals surface area contributed by atoms with Gasteiger partial charge in [0.15, 0.2) is 0 Å². The summed E-state index contributed by atoms with van der Waals surface area (Å²) in [6, 6.07) is 14.8. The predicted octanol–water partition coefficient (Wildman–Crippen LogP) is 3.05. The number of nitrogen functional groups attached to an aromatic ring is 1. The van der Waals surface area contributed by atoms with E-state index in [0.717, 1.165) is 23.1 Å². The fourth-order valence-electron chi connectivity index (χ4n) is 2.32. The van der Waals surface area contributed by atoms with E-state index in [1.165, 1.54) is 6.92 Å². The number of carbonyl (C=O) groups excluding carboxylic acids is 2. The molecule has 0 atom stereocenters. The second-order valence-corrected chi connectivity index (χ2v) is 5.61. The van der Waals surface area contributed by atoms with E-state index in [2.05, 4.69) is 5.32 Å². The number of amides is 1. The summed E-state index contributed by atoms with van der Waals surface area (Å²) in [4.78, 5) is 23.8. The Morgan fingerprint density at radius 3 is 2.52 bits per heavy atom. The number of aryl methyl sites for hydroxylation is 1. The summed E-state index contributed by atoms with van der Waals surface area (Å²) in [5.74, 6) is -0.928. The highest BCUT2D eigenvalue weighted by atomic mass is 16.5. The topological polar surface area (TPSA) is 81.4 Å². The summed E-state index contributed by atoms with van der Waals surface area (Å²) in [5, 5.41) is 2.53. The molecule has 5 nitrogen and oxygen atoms in total. The fourth-order valence-corrected chi connectivity index (χ4v) is 2.32. The molecule has 0 aliphatic rings. The molecule has 3 N–H and O–H groups in total. The summed E-state index contributed by atoms with van der Waals surface area (Å²) < 4.78 is 5.30. The van der Waals surface area contributed by atoms with E-state index in [9.17, 15) is 9.59 Å². The van der Waals surface area contributed by atoms with Gasteiger partial charge in [0, 0.05) is 12.6 Å². The molecule has 5 heteroatoms. The molecule has 0 radical (unpaired) electrons. The van der Waals surface area contributed by atoms with E-state index in [1.807, 2.05) is 43.3 Å². The monoisotopic (exact) mass is 338 g/mol. The van der Waals surface area contributed by atoms with Gasteiger partial charge in [-0.25, -0.2) is 4.79 Å². The van der Waals surface area contributed by atoms with Crippen LogP contribution in [0.2, 0.25) is 0 Å². The summed E-state index contributed by atoms with van der Waals surface area (Å²) in [5.41, 5.74) is 9.32. The lowest BCUT2D eigenvalue weighted by Crippen LogP contribution is -2.26. The van der Waals surface area contributed by atoms with Gasteiger partial charge >= 0.3 is 5.97 Å². The number of hydrogen-bond acceptors (Lipinski definition) is 4. The number of ether oxygens (including phenoxy) is 1. The molecule has 0 bridgehead atoms. The number of esters is 1. The first-order valence-electron chi connectivity index (χ1n) is 8.08. The number of hydrogen-bond donors (Lipinski definition) is 2. The summed E-state index contributed by atoms with van der Waals surface area (Å²) in [7, 11) is 0. The van der Waals surface area contributed by atoms with Crippen molar-refractivity contribution in [2.24, 2.45) is 0 Å². The number of carbonyl (C=O) groups is 2. The Morgan fingerprint density at radius 2 is 1.88 bits per heavy atom. The SMILES string of the molecule is CCc1cc(C=C(NC(C)=O)C(=O)OCc2ccccc2)ccc1N. The first kappa shape index (κ1) is 18.3. The van der Waals surface area contributed by atoms with Crippen LogP contribution in [0.5, 0.6) is 0 Å². The largest absolute Gasteiger partial charge is 0.456 e. The average molecular weight is 338 g/mol. The van der Waals surface area contributed by atoms with Crippen molar-refractivity contribution in [2.45, 2.75) is 26.9 Å². The second-order valence-electron chi connectivity index (χ2n) is 5.61. The van der Waals surface area contributed by atoms with Crippen molar-refractivity contribution in [2.75, 3.05) is 5.73 Å². The molecule has 2 aromatic rings. The zero-order valence-electron chi connectivity index (χ0n) is 14.4. The van der Waals surface area contributed by atoms with Crippen molar-refractivity contribution in [3.05, 3.63) is 70.9 Å². The minimum atomic E-state index is -0.589. The van der Waals surface area contributed by atoms with Crippen LogP contribution >= 0.6 is 0 Å². The fraction of sp³-hybridized carbons (Fsp3) is 0.200. The van der Waals surface area contributed by atoms with Crippen molar-refractivity contribution in [1.29, 1.82) is 0 Å². The lowest BCUT2D eigenvalue weighted by Gasteiger charge is -2.10. The maximum Gasteiger partial charge on any atom is 0.355 e. The van der Waals surface area contributed by atoms with Crippen molar-refractivity contribution < 1.29 is 14.3 Å². The minimum Gasteiger partial charge on any atom is -0.456 e. The molecule has 0 saturated carbocycles. The van der Waals surface area contributed by atoms with E-state index in [4.69, 9.17) is 10.5 Å². The van der Waals surface area contributed by atoms with Gasteiger partial charge in [0.05, 0.1) is 0 Å². The highest BCUT2D eigenvalue weighted by Crippen LogP contribution is 2.17. The van der Waals surface area contributed by atoms with Gasteiger partial charge < -0.3 is 15.8 Å². The number of benzene rings is 2. The Kier molecular flexibility index (Phi) is 6.34. The first-order valence-corrected chi connectivity index (χ1v) is 8.08. The third-order valence-corrected chi connectivity index (χ3v) is 3.60. The molecule has 2 aromatic carbocycles. The number of anilines is 1. The van der Waals surface area contributed by atoms with Crippen LogP contribution < -0.4 is 11.1 Å². The number of rotatable bonds is 6. The molecule has 0 aromatic heterocycles. The maximum atomic E-state index is 12.3. The van der Waals surface area contributed by atoms with Gasteiger partial charge in [0.1, 0.15) is 12.3 Å². The Morgan fingerprint density at radius 1 is 1.16 bits per heavy atom. The number of nitrogens with one attached hydrogen (secondary N) is 1. The quantitative estimate of drug-likeness (QED) is 0.482. The maximum absolute atomic E-state index is 12.3. The van der Waals surface area contributed by atoms with Crippen LogP contribution in [0.25, 0.3) is 6.08 Å². The highest BCUT2D eigenvalue weighted by molar-refractivity contribution is 5.97. The summed E-state index contributed by atoms with van der Waals surface area (Å²) in [6.45, 7) is 3.49. The minimum absolute atomic E-state index is 0.0928. The second kappa shape index (κ2) is 8.68. The summed E-state index contributed by atoms with van der Waals surface area (Å²) >= 11 is 0. The van der Waals surface area contributed by atoms with E-state index in [-0.39, 0.29) is 18.2 Å². The molecule has 0 heterocycles. The van der Waals surface area contributed by atoms with Crippen LogP contribution in [0.4, 0.5) is 5.69 Å². The highest BCUT2D eigenvalue weighted by Gasteiger charge is 2.13. The number of nitrogens with two attached hydrogens (primary N) is 1. The van der Waals surface area contributed by atoms with Gasteiger partial charge in [0.2, 0.25) is 5.91 Å². The molecule has 0 aliphatic heterocycles. The lowest BCUT2D eigenvalue weighted by atomic mass is 10.1. The molecule has 0 spiro atoms. The van der Waals surface area contributed by atoms with E-state index in [0.29, 0.717) is 5.69 Å². The Labute approximate surface area is 147 Å². The van der Waals surface area contributed by atoms with Crippen LogP contribution in [0, 0.1) is 0 Å². The van der Waals surface area contributed by atoms with Gasteiger partial charge in [-0.3, -0.25) is 4.79 Å². The zero-order valence-corrected chi connectivity index (χ0v) is 14.4. The standard InChI is InChI=1S/C20H22N2O3/c1-3-17-11-16(9-10-18(17)21)12-19(22-14(2)23)20(24)25-13-15-7-5-4-6-8-15/h4-12H,3,13,21H2,1-2H3,(H,22,23). The van der Waals surface area contributed by atoms with Gasteiger partial charge in [0.25, 0.3) is 0 Å². The molecule has 0 aliphatic carbocycles. The van der Waals surface area contributed by atoms with E-state index in [1.54, 1.807) is 18.2 Å². The third kappa shape index (κ3) is 5.49. The van der Waals surface area contributed by atoms with Crippen molar-refractivity contribution in [3.8, 4) is 0 Å². The van der Waals surface area contributed by atoms with Gasteiger partial charge in [-0.2, -0.15) is 0 Å². The molecule has 25 heavy (non-hydrogen) atoms. The molecule has 0 saturated heterocycles. The molecule has 1 amide bonds. The van der Waals surface area contributed by atoms with Crippen LogP contribution in [-0.4, -0.2) is 11.9 Å². The first-order chi connectivity index (χ1) is 12.0. The Bertz CT molecular complexity index is 783. The Hall–Kier alpha value is -3.08. The van der Waals surface area contributed by atoms with Crippen LogP contribution in [0.3, 0.4) is 0 Å². The van der Waals surface area contributed by atoms with Gasteiger partial charge in [-0.05, 0) is 41.3 Å². The third-order valence-electron chi connectivity index (χ3n) is 3.60. The van der Waals surface area contributed by atoms with Crippen molar-refractivity contribution in [3.63, 3.8) is 0 Å². The zero-order chi connectivity index (χ0) is 18.2. The van der Waals surface area contributed by atoms with E-state index >= 15 is 0 Å².